The second-order valence-corrected chi connectivity index (χ2v) is 3.83. The van der Waals surface area contributed by atoms with Crippen LogP contribution in [0, 0.1) is 0 Å². The molecule has 0 bridgehead atoms. The molecule has 0 aromatic heterocycles. The van der Waals surface area contributed by atoms with Crippen molar-refractivity contribution in [2.45, 2.75) is 19.4 Å². The molecule has 0 radical (unpaired) electrons. The van der Waals surface area contributed by atoms with Gasteiger partial charge in [0.05, 0.1) is 12.6 Å². The largest absolute Gasteiger partial charge is 0.494 e. The highest BCUT2D eigenvalue weighted by atomic mass is 16.5. The van der Waals surface area contributed by atoms with Gasteiger partial charge in [0.25, 0.3) is 0 Å². The van der Waals surface area contributed by atoms with Crippen molar-refractivity contribution in [3.63, 3.8) is 0 Å². The summed E-state index contributed by atoms with van der Waals surface area (Å²) in [4.78, 5) is 11.7. The zero-order valence-electron chi connectivity index (χ0n) is 10.8. The molecule has 0 heterocycles. The molecule has 5 heteroatoms. The van der Waals surface area contributed by atoms with Crippen LogP contribution in [0.4, 0.5) is 5.69 Å². The van der Waals surface area contributed by atoms with Gasteiger partial charge in [-0.15, -0.1) is 0 Å². The van der Waals surface area contributed by atoms with Crippen molar-refractivity contribution in [1.82, 2.24) is 0 Å². The van der Waals surface area contributed by atoms with E-state index in [0.717, 1.165) is 5.75 Å². The summed E-state index contributed by atoms with van der Waals surface area (Å²) >= 11 is 0. The van der Waals surface area contributed by atoms with Gasteiger partial charge in [-0.1, -0.05) is 0 Å². The lowest BCUT2D eigenvalue weighted by Gasteiger charge is -2.12. The van der Waals surface area contributed by atoms with Crippen molar-refractivity contribution in [2.75, 3.05) is 25.6 Å². The topological polar surface area (TPSA) is 73.6 Å². The van der Waals surface area contributed by atoms with Gasteiger partial charge in [0, 0.05) is 19.4 Å². The summed E-state index contributed by atoms with van der Waals surface area (Å²) in [6.07, 6.45) is 0.499. The van der Waals surface area contributed by atoms with Crippen LogP contribution < -0.4 is 15.8 Å². The Morgan fingerprint density at radius 1 is 1.39 bits per heavy atom. The smallest absolute Gasteiger partial charge is 0.241 e. The number of hydrogen-bond donors (Lipinski definition) is 2. The number of carbonyl (C=O) groups excluding carboxylic acids is 1. The third-order valence-corrected chi connectivity index (χ3v) is 2.40. The van der Waals surface area contributed by atoms with E-state index in [1.807, 2.05) is 6.92 Å². The Labute approximate surface area is 107 Å². The van der Waals surface area contributed by atoms with Gasteiger partial charge in [-0.2, -0.15) is 0 Å². The minimum Gasteiger partial charge on any atom is -0.494 e. The Bertz CT molecular complexity index is 365. The van der Waals surface area contributed by atoms with E-state index in [9.17, 15) is 4.79 Å². The fourth-order valence-electron chi connectivity index (χ4n) is 1.41. The number of hydrogen-bond acceptors (Lipinski definition) is 4. The van der Waals surface area contributed by atoms with Crippen LogP contribution >= 0.6 is 0 Å². The summed E-state index contributed by atoms with van der Waals surface area (Å²) in [5.41, 5.74) is 6.42. The zero-order valence-corrected chi connectivity index (χ0v) is 10.8. The fourth-order valence-corrected chi connectivity index (χ4v) is 1.41. The van der Waals surface area contributed by atoms with Crippen LogP contribution in [0.25, 0.3) is 0 Å². The summed E-state index contributed by atoms with van der Waals surface area (Å²) in [7, 11) is 1.58. The highest BCUT2D eigenvalue weighted by Gasteiger charge is 2.12. The maximum atomic E-state index is 11.7. The van der Waals surface area contributed by atoms with Crippen molar-refractivity contribution in [3.8, 4) is 5.75 Å². The first kappa shape index (κ1) is 14.5. The predicted molar refractivity (Wildman–Crippen MR) is 70.7 cm³/mol. The summed E-state index contributed by atoms with van der Waals surface area (Å²) in [5.74, 6) is 0.565. The first-order valence-electron chi connectivity index (χ1n) is 5.95. The van der Waals surface area contributed by atoms with Crippen molar-refractivity contribution >= 4 is 11.6 Å². The molecule has 3 N–H and O–H groups in total. The van der Waals surface area contributed by atoms with Crippen molar-refractivity contribution in [3.05, 3.63) is 24.3 Å². The van der Waals surface area contributed by atoms with Crippen molar-refractivity contribution in [1.29, 1.82) is 0 Å². The minimum atomic E-state index is -0.559. The standard InChI is InChI=1S/C13H20N2O3/c1-3-18-11-6-4-10(5-7-11)15-13(16)12(14)8-9-17-2/h4-7,12H,3,8-9,14H2,1-2H3,(H,15,16). The number of methoxy groups -OCH3 is 1. The quantitative estimate of drug-likeness (QED) is 0.769. The van der Waals surface area contributed by atoms with Crippen LogP contribution in [0.15, 0.2) is 24.3 Å². The third kappa shape index (κ3) is 4.73. The molecule has 0 aliphatic rings. The van der Waals surface area contributed by atoms with Crippen LogP contribution in [-0.2, 0) is 9.53 Å². The van der Waals surface area contributed by atoms with Gasteiger partial charge in [0.1, 0.15) is 5.75 Å². The van der Waals surface area contributed by atoms with Gasteiger partial charge in [0.15, 0.2) is 0 Å². The highest BCUT2D eigenvalue weighted by Crippen LogP contribution is 2.15. The van der Waals surface area contributed by atoms with E-state index in [-0.39, 0.29) is 5.91 Å². The maximum Gasteiger partial charge on any atom is 0.241 e. The molecule has 1 amide bonds. The van der Waals surface area contributed by atoms with E-state index in [1.54, 1.807) is 31.4 Å². The van der Waals surface area contributed by atoms with Crippen LogP contribution in [0.5, 0.6) is 5.75 Å². The lowest BCUT2D eigenvalue weighted by molar-refractivity contribution is -0.117. The molecule has 0 fully saturated rings. The molecule has 5 nitrogen and oxygen atoms in total. The first-order chi connectivity index (χ1) is 8.67. The van der Waals surface area contributed by atoms with E-state index >= 15 is 0 Å². The molecule has 0 aliphatic heterocycles. The van der Waals surface area contributed by atoms with Crippen molar-refractivity contribution in [2.24, 2.45) is 5.73 Å². The predicted octanol–water partition coefficient (Wildman–Crippen LogP) is 1.39. The molecular weight excluding hydrogens is 232 g/mol. The van der Waals surface area contributed by atoms with Crippen LogP contribution in [0.3, 0.4) is 0 Å². The molecule has 1 atom stereocenters. The number of benzene rings is 1. The first-order valence-corrected chi connectivity index (χ1v) is 5.95. The van der Waals surface area contributed by atoms with Crippen LogP contribution in [0.1, 0.15) is 13.3 Å². The number of nitrogens with two attached hydrogens (primary N) is 1. The molecular formula is C13H20N2O3. The molecule has 0 spiro atoms. The maximum absolute atomic E-state index is 11.7. The summed E-state index contributed by atoms with van der Waals surface area (Å²) < 4.78 is 10.2. The molecule has 1 aromatic carbocycles. The Morgan fingerprint density at radius 3 is 2.61 bits per heavy atom. The Hall–Kier alpha value is -1.59. The zero-order chi connectivity index (χ0) is 13.4. The fraction of sp³-hybridized carbons (Fsp3) is 0.462. The lowest BCUT2D eigenvalue weighted by Crippen LogP contribution is -2.36. The average molecular weight is 252 g/mol. The van der Waals surface area contributed by atoms with E-state index in [1.165, 1.54) is 0 Å². The number of rotatable bonds is 7. The summed E-state index contributed by atoms with van der Waals surface area (Å²) in [5, 5.41) is 2.74. The number of nitrogens with one attached hydrogen (secondary N) is 1. The SMILES string of the molecule is CCOc1ccc(NC(=O)C(N)CCOC)cc1. The third-order valence-electron chi connectivity index (χ3n) is 2.40. The normalized spacial score (nSPS) is 11.9. The molecule has 0 saturated carbocycles. The number of amides is 1. The van der Waals surface area contributed by atoms with E-state index < -0.39 is 6.04 Å². The molecule has 0 aliphatic carbocycles. The molecule has 18 heavy (non-hydrogen) atoms. The molecule has 0 saturated heterocycles. The van der Waals surface area contributed by atoms with Gasteiger partial charge in [-0.3, -0.25) is 4.79 Å². The van der Waals surface area contributed by atoms with E-state index in [0.29, 0.717) is 25.3 Å². The van der Waals surface area contributed by atoms with Gasteiger partial charge < -0.3 is 20.5 Å². The van der Waals surface area contributed by atoms with Gasteiger partial charge in [0.2, 0.25) is 5.91 Å². The monoisotopic (exact) mass is 252 g/mol. The number of anilines is 1. The lowest BCUT2D eigenvalue weighted by atomic mass is 10.2. The number of ether oxygens (including phenoxy) is 2. The summed E-state index contributed by atoms with van der Waals surface area (Å²) in [6.45, 7) is 3.01. The van der Waals surface area contributed by atoms with Gasteiger partial charge in [-0.05, 0) is 37.6 Å². The minimum absolute atomic E-state index is 0.212. The Morgan fingerprint density at radius 2 is 2.06 bits per heavy atom. The van der Waals surface area contributed by atoms with E-state index in [4.69, 9.17) is 15.2 Å². The van der Waals surface area contributed by atoms with Gasteiger partial charge >= 0.3 is 0 Å². The van der Waals surface area contributed by atoms with Crippen LogP contribution in [0.2, 0.25) is 0 Å². The molecule has 1 rings (SSSR count). The Balaban J connectivity index is 2.48. The summed E-state index contributed by atoms with van der Waals surface area (Å²) in [6, 6.07) is 6.62. The molecule has 1 unspecified atom stereocenters. The second kappa shape index (κ2) is 7.68. The highest BCUT2D eigenvalue weighted by molar-refractivity contribution is 5.94. The number of carbonyl (C=O) groups is 1. The van der Waals surface area contributed by atoms with Crippen LogP contribution in [-0.4, -0.2) is 32.3 Å². The Kier molecular flexibility index (Phi) is 6.18. The molecule has 100 valence electrons. The second-order valence-electron chi connectivity index (χ2n) is 3.83. The average Bonchev–Trinajstić information content (AvgIpc) is 2.38. The van der Waals surface area contributed by atoms with E-state index in [2.05, 4.69) is 5.32 Å². The van der Waals surface area contributed by atoms with Gasteiger partial charge in [-0.25, -0.2) is 0 Å². The van der Waals surface area contributed by atoms with Crippen molar-refractivity contribution < 1.29 is 14.3 Å². The molecule has 1 aromatic rings.